The highest BCUT2D eigenvalue weighted by molar-refractivity contribution is 7.16. The lowest BCUT2D eigenvalue weighted by atomic mass is 10.0. The van der Waals surface area contributed by atoms with E-state index in [0.717, 1.165) is 10.4 Å². The Balaban J connectivity index is 1.51. The molecule has 1 unspecified atom stereocenters. The van der Waals surface area contributed by atoms with Gasteiger partial charge in [-0.15, -0.1) is 11.3 Å². The molecule has 0 bridgehead atoms. The monoisotopic (exact) mass is 474 g/mol. The van der Waals surface area contributed by atoms with Gasteiger partial charge in [0.2, 0.25) is 0 Å². The summed E-state index contributed by atoms with van der Waals surface area (Å²) in [7, 11) is 1.49. The Hall–Kier alpha value is -2.95. The zero-order valence-corrected chi connectivity index (χ0v) is 19.7. The van der Waals surface area contributed by atoms with Gasteiger partial charge in [0.25, 0.3) is 11.8 Å². The highest BCUT2D eigenvalue weighted by Crippen LogP contribution is 2.37. The molecule has 0 spiro atoms. The molecule has 0 saturated heterocycles. The van der Waals surface area contributed by atoms with Gasteiger partial charge in [-0.3, -0.25) is 14.5 Å². The standard InChI is InChI=1S/C23H26N2O7S/c1-23(2,3)32-22(28)18-16-8-13(30-10-17(16)33-19(18)24)9-25-20(26)14-6-5-12(31-11-29-4)7-15(14)21(25)27/h5-7,13H,8-11,24H2,1-4H3. The van der Waals surface area contributed by atoms with Crippen molar-refractivity contribution in [3.8, 4) is 5.75 Å². The van der Waals surface area contributed by atoms with E-state index in [1.807, 2.05) is 0 Å². The van der Waals surface area contributed by atoms with E-state index in [1.54, 1.807) is 32.9 Å². The first-order valence-electron chi connectivity index (χ1n) is 10.5. The van der Waals surface area contributed by atoms with Gasteiger partial charge in [-0.25, -0.2) is 4.79 Å². The lowest BCUT2D eigenvalue weighted by Gasteiger charge is -2.27. The van der Waals surface area contributed by atoms with Crippen molar-refractivity contribution in [1.82, 2.24) is 4.90 Å². The minimum absolute atomic E-state index is 0.0344. The van der Waals surface area contributed by atoms with Gasteiger partial charge in [0.15, 0.2) is 6.79 Å². The topological polar surface area (TPSA) is 117 Å². The highest BCUT2D eigenvalue weighted by Gasteiger charge is 2.39. The summed E-state index contributed by atoms with van der Waals surface area (Å²) in [6.07, 6.45) is -0.133. The number of carbonyl (C=O) groups excluding carboxylic acids is 3. The maximum absolute atomic E-state index is 13.0. The molecule has 3 heterocycles. The number of benzene rings is 1. The van der Waals surface area contributed by atoms with Crippen LogP contribution in [-0.2, 0) is 27.2 Å². The van der Waals surface area contributed by atoms with Crippen LogP contribution in [0.2, 0.25) is 0 Å². The van der Waals surface area contributed by atoms with Crippen molar-refractivity contribution in [3.05, 3.63) is 45.3 Å². The van der Waals surface area contributed by atoms with Crippen molar-refractivity contribution < 1.29 is 33.3 Å². The summed E-state index contributed by atoms with van der Waals surface area (Å²) in [6, 6.07) is 4.73. The fraction of sp³-hybridized carbons (Fsp3) is 0.435. The summed E-state index contributed by atoms with van der Waals surface area (Å²) in [5.41, 5.74) is 7.16. The van der Waals surface area contributed by atoms with Crippen LogP contribution in [0.1, 0.15) is 62.3 Å². The number of hydrogen-bond acceptors (Lipinski definition) is 9. The van der Waals surface area contributed by atoms with E-state index in [4.69, 9.17) is 24.7 Å². The molecule has 2 N–H and O–H groups in total. The Morgan fingerprint density at radius 1 is 1.24 bits per heavy atom. The largest absolute Gasteiger partial charge is 0.468 e. The zero-order valence-electron chi connectivity index (χ0n) is 18.9. The number of rotatable bonds is 6. The molecule has 2 amide bonds. The minimum atomic E-state index is -0.658. The van der Waals surface area contributed by atoms with Crippen LogP contribution in [0.5, 0.6) is 5.75 Å². The van der Waals surface area contributed by atoms with Crippen LogP contribution in [0.4, 0.5) is 5.00 Å². The summed E-state index contributed by atoms with van der Waals surface area (Å²) >= 11 is 1.30. The fourth-order valence-corrected chi connectivity index (χ4v) is 4.88. The van der Waals surface area contributed by atoms with Crippen molar-refractivity contribution in [2.45, 2.75) is 45.5 Å². The molecule has 0 fully saturated rings. The molecule has 0 saturated carbocycles. The minimum Gasteiger partial charge on any atom is -0.468 e. The highest BCUT2D eigenvalue weighted by atomic mass is 32.1. The number of nitrogens with two attached hydrogens (primary N) is 1. The molecule has 1 atom stereocenters. The van der Waals surface area contributed by atoms with Crippen molar-refractivity contribution in [2.24, 2.45) is 0 Å². The Labute approximate surface area is 195 Å². The first kappa shape index (κ1) is 23.2. The van der Waals surface area contributed by atoms with Gasteiger partial charge in [0, 0.05) is 18.4 Å². The van der Waals surface area contributed by atoms with Crippen LogP contribution in [0.15, 0.2) is 18.2 Å². The molecule has 4 rings (SSSR count). The van der Waals surface area contributed by atoms with E-state index in [2.05, 4.69) is 0 Å². The number of amides is 2. The number of nitrogen functional groups attached to an aromatic ring is 1. The summed E-state index contributed by atoms with van der Waals surface area (Å²) in [4.78, 5) is 40.6. The molecule has 33 heavy (non-hydrogen) atoms. The van der Waals surface area contributed by atoms with Crippen molar-refractivity contribution in [1.29, 1.82) is 0 Å². The number of thiophene rings is 1. The lowest BCUT2D eigenvalue weighted by molar-refractivity contribution is 0.00352. The second-order valence-corrected chi connectivity index (χ2v) is 10.00. The van der Waals surface area contributed by atoms with Gasteiger partial charge in [-0.1, -0.05) is 0 Å². The van der Waals surface area contributed by atoms with Crippen molar-refractivity contribution in [2.75, 3.05) is 26.2 Å². The second kappa shape index (κ2) is 8.77. The summed E-state index contributed by atoms with van der Waals surface area (Å²) in [5.74, 6) is -0.847. The Kier molecular flexibility index (Phi) is 6.17. The smallest absolute Gasteiger partial charge is 0.341 e. The van der Waals surface area contributed by atoms with E-state index in [0.29, 0.717) is 28.3 Å². The van der Waals surface area contributed by atoms with Gasteiger partial charge in [0.1, 0.15) is 16.4 Å². The molecule has 0 aliphatic carbocycles. The Bertz CT molecular complexity index is 1120. The van der Waals surface area contributed by atoms with Crippen LogP contribution in [0, 0.1) is 0 Å². The predicted octanol–water partition coefficient (Wildman–Crippen LogP) is 3.01. The van der Waals surface area contributed by atoms with E-state index >= 15 is 0 Å². The summed E-state index contributed by atoms with van der Waals surface area (Å²) in [6.45, 7) is 5.71. The zero-order chi connectivity index (χ0) is 23.9. The van der Waals surface area contributed by atoms with E-state index in [-0.39, 0.29) is 31.4 Å². The number of nitrogens with zero attached hydrogens (tertiary/aromatic N) is 1. The quantitative estimate of drug-likeness (QED) is 0.386. The number of esters is 1. The molecule has 2 aliphatic rings. The molecular formula is C23H26N2O7S. The molecule has 2 aliphatic heterocycles. The second-order valence-electron chi connectivity index (χ2n) is 8.86. The van der Waals surface area contributed by atoms with E-state index < -0.39 is 23.6 Å². The fourth-order valence-electron chi connectivity index (χ4n) is 3.87. The predicted molar refractivity (Wildman–Crippen MR) is 120 cm³/mol. The average Bonchev–Trinajstić information content (AvgIpc) is 3.19. The van der Waals surface area contributed by atoms with Gasteiger partial charge < -0.3 is 24.7 Å². The normalized spacial score (nSPS) is 17.7. The first-order chi connectivity index (χ1) is 15.6. The maximum Gasteiger partial charge on any atom is 0.341 e. The third-order valence-corrected chi connectivity index (χ3v) is 6.31. The number of imide groups is 1. The molecular weight excluding hydrogens is 448 g/mol. The molecule has 0 radical (unpaired) electrons. The third-order valence-electron chi connectivity index (χ3n) is 5.27. The van der Waals surface area contributed by atoms with Crippen molar-refractivity contribution in [3.63, 3.8) is 0 Å². The first-order valence-corrected chi connectivity index (χ1v) is 11.3. The average molecular weight is 475 g/mol. The molecule has 9 nitrogen and oxygen atoms in total. The molecule has 1 aromatic heterocycles. The molecule has 176 valence electrons. The number of carbonyl (C=O) groups is 3. The Morgan fingerprint density at radius 3 is 2.67 bits per heavy atom. The van der Waals surface area contributed by atoms with Gasteiger partial charge in [-0.2, -0.15) is 0 Å². The van der Waals surface area contributed by atoms with Gasteiger partial charge in [0.05, 0.1) is 35.9 Å². The van der Waals surface area contributed by atoms with Gasteiger partial charge >= 0.3 is 5.97 Å². The van der Waals surface area contributed by atoms with Crippen LogP contribution in [0.25, 0.3) is 0 Å². The van der Waals surface area contributed by atoms with Crippen LogP contribution in [-0.4, -0.2) is 54.8 Å². The van der Waals surface area contributed by atoms with Gasteiger partial charge in [-0.05, 0) is 44.5 Å². The van der Waals surface area contributed by atoms with Crippen LogP contribution >= 0.6 is 11.3 Å². The van der Waals surface area contributed by atoms with Crippen LogP contribution in [0.3, 0.4) is 0 Å². The maximum atomic E-state index is 13.0. The molecule has 1 aromatic carbocycles. The Morgan fingerprint density at radius 2 is 1.97 bits per heavy atom. The third kappa shape index (κ3) is 4.59. The van der Waals surface area contributed by atoms with E-state index in [1.165, 1.54) is 29.4 Å². The lowest BCUT2D eigenvalue weighted by Crippen LogP contribution is -2.40. The SMILES string of the molecule is COCOc1ccc2c(c1)C(=O)N(CC1Cc3c(sc(N)c3C(=O)OC(C)(C)C)CO1)C2=O. The van der Waals surface area contributed by atoms with E-state index in [9.17, 15) is 14.4 Å². The number of methoxy groups -OCH3 is 1. The summed E-state index contributed by atoms with van der Waals surface area (Å²) in [5, 5.41) is 0.378. The number of hydrogen-bond donors (Lipinski definition) is 1. The molecule has 2 aromatic rings. The number of anilines is 1. The van der Waals surface area contributed by atoms with Crippen molar-refractivity contribution >= 4 is 34.1 Å². The van der Waals surface area contributed by atoms with Crippen LogP contribution < -0.4 is 10.5 Å². The molecule has 10 heteroatoms. The number of fused-ring (bicyclic) bond motifs is 2. The summed E-state index contributed by atoms with van der Waals surface area (Å²) < 4.78 is 21.7. The number of ether oxygens (including phenoxy) is 4.